The Morgan fingerprint density at radius 2 is 2.40 bits per heavy atom. The number of hydrogen-bond donors (Lipinski definition) is 1. The maximum absolute atomic E-state index is 10.6. The van der Waals surface area contributed by atoms with E-state index in [-0.39, 0.29) is 6.61 Å². The first-order valence-corrected chi connectivity index (χ1v) is 2.88. The van der Waals surface area contributed by atoms with E-state index in [9.17, 15) is 4.79 Å². The Labute approximate surface area is 60.4 Å². The Hall–Kier alpha value is -1.03. The zero-order chi connectivity index (χ0) is 7.98. The molecule has 0 fully saturated rings. The van der Waals surface area contributed by atoms with E-state index in [1.165, 1.54) is 11.1 Å². The number of carbonyl (C=O) groups excluding carboxylic acids is 1. The Morgan fingerprint density at radius 1 is 1.80 bits per heavy atom. The van der Waals surface area contributed by atoms with Crippen molar-refractivity contribution in [3.05, 3.63) is 12.7 Å². The molecular weight excluding hydrogens is 132 g/mol. The highest BCUT2D eigenvalue weighted by molar-refractivity contribution is 5.66. The van der Waals surface area contributed by atoms with Crippen molar-refractivity contribution in [2.45, 2.75) is 0 Å². The summed E-state index contributed by atoms with van der Waals surface area (Å²) in [6.07, 6.45) is 1.04. The lowest BCUT2D eigenvalue weighted by molar-refractivity contribution is 0.132. The van der Waals surface area contributed by atoms with E-state index >= 15 is 0 Å². The summed E-state index contributed by atoms with van der Waals surface area (Å²) in [5.74, 6) is 0. The number of amides is 1. The predicted octanol–water partition coefficient (Wildman–Crippen LogP) is 0.375. The third kappa shape index (κ3) is 5.11. The van der Waals surface area contributed by atoms with Gasteiger partial charge in [0.2, 0.25) is 0 Å². The maximum Gasteiger partial charge on any atom is 0.422 e. The zero-order valence-electron chi connectivity index (χ0n) is 6.26. The van der Waals surface area contributed by atoms with E-state index in [0.29, 0.717) is 0 Å². The molecule has 0 radical (unpaired) electrons. The second kappa shape index (κ2) is 4.81. The summed E-state index contributed by atoms with van der Waals surface area (Å²) in [6.45, 7) is 3.63. The highest BCUT2D eigenvalue weighted by atomic mass is 16.6. The molecule has 0 aliphatic rings. The second-order valence-electron chi connectivity index (χ2n) is 1.89. The first-order valence-electron chi connectivity index (χ1n) is 2.88. The summed E-state index contributed by atoms with van der Waals surface area (Å²) in [5.41, 5.74) is 2.40. The van der Waals surface area contributed by atoms with Crippen molar-refractivity contribution in [2.75, 3.05) is 20.7 Å². The molecule has 0 bridgehead atoms. The summed E-state index contributed by atoms with van der Waals surface area (Å²) >= 11 is 0. The van der Waals surface area contributed by atoms with Crippen molar-refractivity contribution in [1.82, 2.24) is 10.4 Å². The van der Waals surface area contributed by atoms with Gasteiger partial charge in [0, 0.05) is 14.1 Å². The molecule has 0 spiro atoms. The fraction of sp³-hybridized carbons (Fsp3) is 0.500. The van der Waals surface area contributed by atoms with Crippen LogP contribution in [-0.2, 0) is 4.74 Å². The molecule has 0 unspecified atom stereocenters. The van der Waals surface area contributed by atoms with Gasteiger partial charge in [-0.3, -0.25) is 5.43 Å². The lowest BCUT2D eigenvalue weighted by atomic mass is 10.7. The molecule has 0 aromatic rings. The molecule has 0 aromatic carbocycles. The Morgan fingerprint density at radius 3 is 2.80 bits per heavy atom. The molecule has 0 heterocycles. The monoisotopic (exact) mass is 144 g/mol. The fourth-order valence-corrected chi connectivity index (χ4v) is 0.349. The van der Waals surface area contributed by atoms with Gasteiger partial charge in [-0.15, -0.1) is 0 Å². The van der Waals surface area contributed by atoms with E-state index < -0.39 is 6.09 Å². The molecule has 4 heteroatoms. The number of hydrogen-bond acceptors (Lipinski definition) is 3. The Bertz CT molecular complexity index is 123. The van der Waals surface area contributed by atoms with E-state index in [1.54, 1.807) is 14.1 Å². The van der Waals surface area contributed by atoms with Crippen molar-refractivity contribution in [2.24, 2.45) is 0 Å². The van der Waals surface area contributed by atoms with Gasteiger partial charge in [0.25, 0.3) is 0 Å². The van der Waals surface area contributed by atoms with Crippen molar-refractivity contribution >= 4 is 6.09 Å². The molecule has 0 aromatic heterocycles. The highest BCUT2D eigenvalue weighted by Crippen LogP contribution is 1.77. The lowest BCUT2D eigenvalue weighted by Crippen LogP contribution is -2.36. The molecule has 0 saturated heterocycles. The maximum atomic E-state index is 10.6. The first-order chi connectivity index (χ1) is 4.66. The minimum atomic E-state index is -0.468. The van der Waals surface area contributed by atoms with Crippen LogP contribution in [0.3, 0.4) is 0 Å². The average molecular weight is 144 g/mol. The van der Waals surface area contributed by atoms with Gasteiger partial charge in [-0.25, -0.2) is 9.80 Å². The largest absolute Gasteiger partial charge is 0.444 e. The molecular formula is C6H12N2O2. The minimum Gasteiger partial charge on any atom is -0.444 e. The van der Waals surface area contributed by atoms with Gasteiger partial charge >= 0.3 is 6.09 Å². The summed E-state index contributed by atoms with van der Waals surface area (Å²) in [6, 6.07) is 0. The Balaban J connectivity index is 3.34. The van der Waals surface area contributed by atoms with Crippen LogP contribution in [0, 0.1) is 0 Å². The SMILES string of the molecule is C=CCOC(=O)NN(C)C. The first kappa shape index (κ1) is 8.97. The van der Waals surface area contributed by atoms with Crippen molar-refractivity contribution in [1.29, 1.82) is 0 Å². The molecule has 0 aliphatic carbocycles. The van der Waals surface area contributed by atoms with Crippen LogP contribution in [-0.4, -0.2) is 31.8 Å². The van der Waals surface area contributed by atoms with Gasteiger partial charge in [0.05, 0.1) is 0 Å². The number of nitrogens with one attached hydrogen (secondary N) is 1. The molecule has 0 rings (SSSR count). The van der Waals surface area contributed by atoms with Crippen LogP contribution >= 0.6 is 0 Å². The topological polar surface area (TPSA) is 41.6 Å². The Kier molecular flexibility index (Phi) is 4.32. The van der Waals surface area contributed by atoms with Crippen LogP contribution in [0.1, 0.15) is 0 Å². The molecule has 10 heavy (non-hydrogen) atoms. The zero-order valence-corrected chi connectivity index (χ0v) is 6.26. The lowest BCUT2D eigenvalue weighted by Gasteiger charge is -2.10. The molecule has 0 atom stereocenters. The molecule has 0 aliphatic heterocycles. The van der Waals surface area contributed by atoms with Crippen LogP contribution in [0.15, 0.2) is 12.7 Å². The highest BCUT2D eigenvalue weighted by Gasteiger charge is 1.98. The molecule has 1 amide bonds. The molecule has 58 valence electrons. The average Bonchev–Trinajstić information content (AvgIpc) is 1.82. The van der Waals surface area contributed by atoms with Crippen LogP contribution in [0.2, 0.25) is 0 Å². The third-order valence-electron chi connectivity index (χ3n) is 0.647. The summed E-state index contributed by atoms with van der Waals surface area (Å²) < 4.78 is 4.59. The summed E-state index contributed by atoms with van der Waals surface area (Å²) in [4.78, 5) is 10.6. The van der Waals surface area contributed by atoms with Crippen molar-refractivity contribution in [3.8, 4) is 0 Å². The van der Waals surface area contributed by atoms with Gasteiger partial charge in [0.1, 0.15) is 6.61 Å². The fourth-order valence-electron chi connectivity index (χ4n) is 0.349. The van der Waals surface area contributed by atoms with Crippen molar-refractivity contribution in [3.63, 3.8) is 0 Å². The third-order valence-corrected chi connectivity index (χ3v) is 0.647. The number of carbonyl (C=O) groups is 1. The second-order valence-corrected chi connectivity index (χ2v) is 1.89. The quantitative estimate of drug-likeness (QED) is 0.459. The number of hydrazine groups is 1. The van der Waals surface area contributed by atoms with E-state index in [2.05, 4.69) is 16.7 Å². The minimum absolute atomic E-state index is 0.236. The molecule has 4 nitrogen and oxygen atoms in total. The van der Waals surface area contributed by atoms with Crippen molar-refractivity contribution < 1.29 is 9.53 Å². The summed E-state index contributed by atoms with van der Waals surface area (Å²) in [5, 5.41) is 1.51. The molecule has 0 saturated carbocycles. The van der Waals surface area contributed by atoms with Gasteiger partial charge in [-0.05, 0) is 0 Å². The van der Waals surface area contributed by atoms with E-state index in [0.717, 1.165) is 0 Å². The van der Waals surface area contributed by atoms with Crippen LogP contribution < -0.4 is 5.43 Å². The number of nitrogens with zero attached hydrogens (tertiary/aromatic N) is 1. The van der Waals surface area contributed by atoms with Crippen LogP contribution in [0.4, 0.5) is 4.79 Å². The standard InChI is InChI=1S/C6H12N2O2/c1-4-5-10-6(9)7-8(2)3/h4H,1,5H2,2-3H3,(H,7,9). The van der Waals surface area contributed by atoms with Gasteiger partial charge in [-0.1, -0.05) is 12.7 Å². The van der Waals surface area contributed by atoms with Crippen LogP contribution in [0.25, 0.3) is 0 Å². The van der Waals surface area contributed by atoms with E-state index in [1.807, 2.05) is 0 Å². The van der Waals surface area contributed by atoms with Gasteiger partial charge < -0.3 is 4.74 Å². The van der Waals surface area contributed by atoms with Crippen LogP contribution in [0.5, 0.6) is 0 Å². The van der Waals surface area contributed by atoms with E-state index in [4.69, 9.17) is 0 Å². The smallest absolute Gasteiger partial charge is 0.422 e. The van der Waals surface area contributed by atoms with Gasteiger partial charge in [-0.2, -0.15) is 0 Å². The van der Waals surface area contributed by atoms with Gasteiger partial charge in [0.15, 0.2) is 0 Å². The molecule has 1 N–H and O–H groups in total. The number of rotatable bonds is 3. The summed E-state index contributed by atoms with van der Waals surface area (Å²) in [7, 11) is 3.41. The predicted molar refractivity (Wildman–Crippen MR) is 38.4 cm³/mol. The number of ether oxygens (including phenoxy) is 1. The normalized spacial score (nSPS) is 9.10.